The van der Waals surface area contributed by atoms with Crippen LogP contribution in [0.1, 0.15) is 55.0 Å². The van der Waals surface area contributed by atoms with Gasteiger partial charge in [0, 0.05) is 21.8 Å². The molecule has 6 nitrogen and oxygen atoms in total. The maximum atomic E-state index is 13.3. The minimum Gasteiger partial charge on any atom is -0.507 e. The van der Waals surface area contributed by atoms with Gasteiger partial charge >= 0.3 is 0 Å². The van der Waals surface area contributed by atoms with E-state index < -0.39 is 17.7 Å². The molecule has 0 aliphatic carbocycles. The average molecular weight is 494 g/mol. The zero-order valence-electron chi connectivity index (χ0n) is 20.6. The highest BCUT2D eigenvalue weighted by Crippen LogP contribution is 2.44. The van der Waals surface area contributed by atoms with Gasteiger partial charge in [0.1, 0.15) is 29.1 Å². The number of furan rings is 1. The first-order chi connectivity index (χ1) is 16.4. The molecule has 1 amide bonds. The number of rotatable bonds is 4. The zero-order valence-corrected chi connectivity index (χ0v) is 21.4. The number of ether oxygens (including phenoxy) is 1. The number of halogens is 1. The van der Waals surface area contributed by atoms with Crippen molar-refractivity contribution in [3.63, 3.8) is 0 Å². The van der Waals surface area contributed by atoms with Gasteiger partial charge in [-0.05, 0) is 67.3 Å². The maximum absolute atomic E-state index is 13.3. The third kappa shape index (κ3) is 4.34. The van der Waals surface area contributed by atoms with Gasteiger partial charge in [0.05, 0.1) is 12.7 Å². The van der Waals surface area contributed by atoms with Gasteiger partial charge in [-0.25, -0.2) is 0 Å². The van der Waals surface area contributed by atoms with Gasteiger partial charge < -0.3 is 14.3 Å². The van der Waals surface area contributed by atoms with Crippen LogP contribution in [0.2, 0.25) is 5.02 Å². The van der Waals surface area contributed by atoms with Gasteiger partial charge in [0.15, 0.2) is 0 Å². The number of aliphatic hydroxyl groups is 1. The van der Waals surface area contributed by atoms with E-state index in [4.69, 9.17) is 20.8 Å². The van der Waals surface area contributed by atoms with E-state index in [1.54, 1.807) is 62.6 Å². The monoisotopic (exact) mass is 493 g/mol. The molecule has 0 bridgehead atoms. The van der Waals surface area contributed by atoms with E-state index in [0.29, 0.717) is 33.5 Å². The fraction of sp³-hybridized carbons (Fsp3) is 0.286. The van der Waals surface area contributed by atoms with Crippen molar-refractivity contribution >= 4 is 34.7 Å². The number of benzene rings is 2. The molecule has 0 spiro atoms. The number of hydrogen-bond acceptors (Lipinski definition) is 5. The first kappa shape index (κ1) is 24.6. The number of carbonyl (C=O) groups excluding carboxylic acids is 2. The lowest BCUT2D eigenvalue weighted by Crippen LogP contribution is -2.29. The third-order valence-corrected chi connectivity index (χ3v) is 6.60. The Morgan fingerprint density at radius 1 is 1.06 bits per heavy atom. The average Bonchev–Trinajstić information content (AvgIpc) is 3.35. The second-order valence-electron chi connectivity index (χ2n) is 9.72. The van der Waals surface area contributed by atoms with Crippen molar-refractivity contribution in [2.75, 3.05) is 12.0 Å². The Morgan fingerprint density at radius 2 is 1.77 bits per heavy atom. The van der Waals surface area contributed by atoms with Gasteiger partial charge in [-0.3, -0.25) is 14.5 Å². The van der Waals surface area contributed by atoms with Crippen molar-refractivity contribution in [1.82, 2.24) is 0 Å². The van der Waals surface area contributed by atoms with E-state index >= 15 is 0 Å². The minimum atomic E-state index is -0.956. The van der Waals surface area contributed by atoms with Gasteiger partial charge in [0.2, 0.25) is 0 Å². The van der Waals surface area contributed by atoms with Crippen molar-refractivity contribution in [3.8, 4) is 5.75 Å². The Bertz CT molecular complexity index is 1360. The Labute approximate surface area is 209 Å². The molecule has 1 fully saturated rings. The Kier molecular flexibility index (Phi) is 6.28. The molecule has 1 atom stereocenters. The third-order valence-electron chi connectivity index (χ3n) is 6.19. The Hall–Kier alpha value is -3.51. The standard InChI is InChI=1S/C28H28ClNO5/c1-15-7-10-18(14-20(15)29)30-24(22-11-8-16(2)35-22)23(26(32)27(30)33)25(31)17-9-12-21(34-6)19(13-17)28(3,4)5/h7-14,24,31H,1-6H3/b25-23-. The molecule has 2 heterocycles. The van der Waals surface area contributed by atoms with Crippen molar-refractivity contribution in [1.29, 1.82) is 0 Å². The molecule has 7 heteroatoms. The minimum absolute atomic E-state index is 0.0499. The largest absolute Gasteiger partial charge is 0.507 e. The summed E-state index contributed by atoms with van der Waals surface area (Å²) in [6.45, 7) is 9.71. The number of hydrogen-bond donors (Lipinski definition) is 1. The molecule has 1 aliphatic rings. The molecule has 182 valence electrons. The molecule has 0 radical (unpaired) electrons. The normalized spacial score (nSPS) is 17.8. The lowest BCUT2D eigenvalue weighted by Gasteiger charge is -2.25. The smallest absolute Gasteiger partial charge is 0.300 e. The molecule has 2 aromatic carbocycles. The van der Waals surface area contributed by atoms with Crippen LogP contribution >= 0.6 is 11.6 Å². The fourth-order valence-electron chi connectivity index (χ4n) is 4.30. The first-order valence-electron chi connectivity index (χ1n) is 11.3. The lowest BCUT2D eigenvalue weighted by atomic mass is 9.84. The van der Waals surface area contributed by atoms with Crippen LogP contribution in [-0.2, 0) is 15.0 Å². The van der Waals surface area contributed by atoms with Gasteiger partial charge in [-0.2, -0.15) is 0 Å². The predicted octanol–water partition coefficient (Wildman–Crippen LogP) is 6.48. The maximum Gasteiger partial charge on any atom is 0.300 e. The molecule has 0 saturated carbocycles. The van der Waals surface area contributed by atoms with Crippen molar-refractivity contribution < 1.29 is 23.8 Å². The summed E-state index contributed by atoms with van der Waals surface area (Å²) < 4.78 is 11.4. The molecular formula is C28H28ClNO5. The number of amides is 1. The second-order valence-corrected chi connectivity index (χ2v) is 10.1. The quantitative estimate of drug-likeness (QED) is 0.255. The van der Waals surface area contributed by atoms with Crippen LogP contribution in [-0.4, -0.2) is 23.9 Å². The fourth-order valence-corrected chi connectivity index (χ4v) is 4.47. The van der Waals surface area contributed by atoms with Crippen LogP contribution < -0.4 is 9.64 Å². The first-order valence-corrected chi connectivity index (χ1v) is 11.6. The topological polar surface area (TPSA) is 80.0 Å². The summed E-state index contributed by atoms with van der Waals surface area (Å²) in [5.41, 5.74) is 2.20. The van der Waals surface area contributed by atoms with E-state index in [0.717, 1.165) is 11.1 Å². The summed E-state index contributed by atoms with van der Waals surface area (Å²) in [5.74, 6) is -0.198. The highest BCUT2D eigenvalue weighted by Gasteiger charge is 2.48. The predicted molar refractivity (Wildman–Crippen MR) is 136 cm³/mol. The van der Waals surface area contributed by atoms with Gasteiger partial charge in [-0.1, -0.05) is 38.4 Å². The Morgan fingerprint density at radius 3 is 2.34 bits per heavy atom. The second kappa shape index (κ2) is 8.93. The lowest BCUT2D eigenvalue weighted by molar-refractivity contribution is -0.132. The summed E-state index contributed by atoms with van der Waals surface area (Å²) in [6.07, 6.45) is 0. The van der Waals surface area contributed by atoms with Crippen LogP contribution in [0.15, 0.2) is 58.5 Å². The SMILES string of the molecule is COc1ccc(/C(O)=C2/C(=O)C(=O)N(c3ccc(C)c(Cl)c3)C2c2ccc(C)o2)cc1C(C)(C)C. The summed E-state index contributed by atoms with van der Waals surface area (Å²) in [6, 6.07) is 12.8. The van der Waals surface area contributed by atoms with Crippen molar-refractivity contribution in [2.24, 2.45) is 0 Å². The highest BCUT2D eigenvalue weighted by atomic mass is 35.5. The van der Waals surface area contributed by atoms with E-state index in [2.05, 4.69) is 0 Å². The van der Waals surface area contributed by atoms with Crippen LogP contribution in [0.4, 0.5) is 5.69 Å². The van der Waals surface area contributed by atoms with Crippen LogP contribution in [0.3, 0.4) is 0 Å². The van der Waals surface area contributed by atoms with E-state index in [1.807, 2.05) is 27.7 Å². The number of nitrogens with zero attached hydrogens (tertiary/aromatic N) is 1. The number of methoxy groups -OCH3 is 1. The van der Waals surface area contributed by atoms with Crippen molar-refractivity contribution in [3.05, 3.63) is 87.3 Å². The number of aryl methyl sites for hydroxylation is 2. The number of carbonyl (C=O) groups is 2. The molecule has 4 rings (SSSR count). The van der Waals surface area contributed by atoms with Crippen LogP contribution in [0.25, 0.3) is 5.76 Å². The van der Waals surface area contributed by atoms with Gasteiger partial charge in [0.25, 0.3) is 11.7 Å². The number of anilines is 1. The summed E-state index contributed by atoms with van der Waals surface area (Å²) in [4.78, 5) is 28.0. The molecular weight excluding hydrogens is 466 g/mol. The van der Waals surface area contributed by atoms with Crippen molar-refractivity contribution in [2.45, 2.75) is 46.1 Å². The van der Waals surface area contributed by atoms with Gasteiger partial charge in [-0.15, -0.1) is 0 Å². The molecule has 1 saturated heterocycles. The Balaban J connectivity index is 1.95. The zero-order chi connectivity index (χ0) is 25.7. The highest BCUT2D eigenvalue weighted by molar-refractivity contribution is 6.51. The molecule has 3 aromatic rings. The van der Waals surface area contributed by atoms with Crippen LogP contribution in [0, 0.1) is 13.8 Å². The molecule has 1 unspecified atom stereocenters. The molecule has 1 aliphatic heterocycles. The summed E-state index contributed by atoms with van der Waals surface area (Å²) in [5, 5.41) is 11.9. The van der Waals surface area contributed by atoms with Crippen LogP contribution in [0.5, 0.6) is 5.75 Å². The number of Topliss-reactive ketones (excluding diaryl/α,β-unsaturated/α-hetero) is 1. The van der Waals surface area contributed by atoms with E-state index in [9.17, 15) is 14.7 Å². The van der Waals surface area contributed by atoms with E-state index in [-0.39, 0.29) is 16.7 Å². The number of ketones is 1. The summed E-state index contributed by atoms with van der Waals surface area (Å²) in [7, 11) is 1.58. The summed E-state index contributed by atoms with van der Waals surface area (Å²) >= 11 is 6.34. The number of aliphatic hydroxyl groups excluding tert-OH is 1. The molecule has 1 N–H and O–H groups in total. The molecule has 35 heavy (non-hydrogen) atoms. The van der Waals surface area contributed by atoms with E-state index in [1.165, 1.54) is 4.90 Å². The molecule has 1 aromatic heterocycles.